The van der Waals surface area contributed by atoms with Crippen molar-refractivity contribution in [2.24, 2.45) is 13.0 Å². The van der Waals surface area contributed by atoms with Crippen LogP contribution in [0.25, 0.3) is 0 Å². The number of nitrogens with one attached hydrogen (secondary N) is 1. The number of likely N-dealkylation sites (tertiary alicyclic amines) is 1. The quantitative estimate of drug-likeness (QED) is 0.840. The van der Waals surface area contributed by atoms with Crippen molar-refractivity contribution in [2.45, 2.75) is 83.5 Å². The lowest BCUT2D eigenvalue weighted by Gasteiger charge is -2.44. The number of ether oxygens (including phenoxy) is 1. The first kappa shape index (κ1) is 20.4. The van der Waals surface area contributed by atoms with Crippen LogP contribution in [0.3, 0.4) is 0 Å². The molecule has 4 rings (SSSR count). The van der Waals surface area contributed by atoms with E-state index in [0.717, 1.165) is 43.6 Å². The Morgan fingerprint density at radius 2 is 1.93 bits per heavy atom. The molecule has 1 aromatic rings. The zero-order chi connectivity index (χ0) is 20.6. The predicted molar refractivity (Wildman–Crippen MR) is 109 cm³/mol. The predicted octanol–water partition coefficient (Wildman–Crippen LogP) is 2.57. The van der Waals surface area contributed by atoms with E-state index in [1.807, 2.05) is 30.5 Å². The summed E-state index contributed by atoms with van der Waals surface area (Å²) in [5.41, 5.74) is 2.25. The van der Waals surface area contributed by atoms with Gasteiger partial charge in [-0.05, 0) is 45.4 Å². The Kier molecular flexibility index (Phi) is 5.69. The fraction of sp³-hybridized carbons (Fsp3) is 0.773. The summed E-state index contributed by atoms with van der Waals surface area (Å²) in [7, 11) is 1.91. The molecule has 7 nitrogen and oxygen atoms in total. The minimum Gasteiger partial charge on any atom is -0.370 e. The third-order valence-corrected chi connectivity index (χ3v) is 6.89. The summed E-state index contributed by atoms with van der Waals surface area (Å²) in [6, 6.07) is 0.0714. The van der Waals surface area contributed by atoms with Gasteiger partial charge < -0.3 is 15.0 Å². The van der Waals surface area contributed by atoms with Gasteiger partial charge >= 0.3 is 0 Å². The number of rotatable bonds is 4. The number of carbonyl (C=O) groups excluding carboxylic acids is 2. The minimum absolute atomic E-state index is 0.0714. The lowest BCUT2D eigenvalue weighted by Crippen LogP contribution is -2.51. The highest BCUT2D eigenvalue weighted by Gasteiger charge is 2.42. The highest BCUT2D eigenvalue weighted by atomic mass is 16.5. The monoisotopic (exact) mass is 402 g/mol. The molecular weight excluding hydrogens is 368 g/mol. The summed E-state index contributed by atoms with van der Waals surface area (Å²) in [5.74, 6) is 0.775. The topological polar surface area (TPSA) is 76.5 Å². The Morgan fingerprint density at radius 1 is 1.24 bits per heavy atom. The number of carbonyl (C=O) groups is 2. The molecule has 2 aliphatic heterocycles. The average Bonchev–Trinajstić information content (AvgIpc) is 3.30. The second kappa shape index (κ2) is 8.09. The summed E-state index contributed by atoms with van der Waals surface area (Å²) < 4.78 is 8.17. The summed E-state index contributed by atoms with van der Waals surface area (Å²) in [5, 5.41) is 7.41. The number of nitrogens with zero attached hydrogens (tertiary/aromatic N) is 3. The van der Waals surface area contributed by atoms with Crippen molar-refractivity contribution >= 4 is 11.8 Å². The molecule has 3 heterocycles. The van der Waals surface area contributed by atoms with Crippen LogP contribution in [0.15, 0.2) is 0 Å². The molecule has 1 saturated heterocycles. The van der Waals surface area contributed by atoms with Crippen LogP contribution < -0.4 is 5.32 Å². The van der Waals surface area contributed by atoms with Crippen LogP contribution in [0, 0.1) is 5.92 Å². The van der Waals surface area contributed by atoms with Gasteiger partial charge in [0.25, 0.3) is 5.91 Å². The second-order valence-corrected chi connectivity index (χ2v) is 9.41. The number of fused-ring (bicyclic) bond motifs is 1. The number of aryl methyl sites for hydroxylation is 1. The van der Waals surface area contributed by atoms with E-state index in [4.69, 9.17) is 4.74 Å². The van der Waals surface area contributed by atoms with E-state index in [2.05, 4.69) is 10.4 Å². The molecule has 0 aromatic carbocycles. The van der Waals surface area contributed by atoms with Gasteiger partial charge in [0, 0.05) is 50.3 Å². The number of hydrogen-bond acceptors (Lipinski definition) is 4. The van der Waals surface area contributed by atoms with Gasteiger partial charge in [-0.3, -0.25) is 14.3 Å². The normalized spacial score (nSPS) is 21.6. The van der Waals surface area contributed by atoms with Crippen LogP contribution in [0.2, 0.25) is 0 Å². The highest BCUT2D eigenvalue weighted by molar-refractivity contribution is 5.94. The lowest BCUT2D eigenvalue weighted by molar-refractivity contribution is -0.142. The zero-order valence-electron chi connectivity index (χ0n) is 18.0. The van der Waals surface area contributed by atoms with Crippen LogP contribution in [0.5, 0.6) is 0 Å². The SMILES string of the molecule is CC(C)NC(=O)c1nn(C)c2c1COC1(CCN(C(=O)CC3CCCC3)CC1)C2. The Hall–Kier alpha value is -1.89. The summed E-state index contributed by atoms with van der Waals surface area (Å²) in [6.45, 7) is 5.83. The van der Waals surface area contributed by atoms with Crippen LogP contribution in [-0.4, -0.2) is 51.2 Å². The number of hydrogen-bond donors (Lipinski definition) is 1. The summed E-state index contributed by atoms with van der Waals surface area (Å²) in [4.78, 5) is 27.2. The molecular formula is C22H34N4O3. The fourth-order valence-electron chi connectivity index (χ4n) is 5.15. The van der Waals surface area contributed by atoms with Gasteiger partial charge in [-0.1, -0.05) is 12.8 Å². The number of aromatic nitrogens is 2. The minimum atomic E-state index is -0.239. The van der Waals surface area contributed by atoms with Crippen molar-refractivity contribution in [3.8, 4) is 0 Å². The maximum Gasteiger partial charge on any atom is 0.272 e. The second-order valence-electron chi connectivity index (χ2n) is 9.41. The third-order valence-electron chi connectivity index (χ3n) is 6.89. The third kappa shape index (κ3) is 4.20. The Balaban J connectivity index is 1.39. The van der Waals surface area contributed by atoms with Gasteiger partial charge in [0.05, 0.1) is 12.2 Å². The standard InChI is InChI=1S/C22H34N4O3/c1-15(2)23-21(28)20-17-14-29-22(13-18(17)25(3)24-20)8-10-26(11-9-22)19(27)12-16-6-4-5-7-16/h15-16H,4-14H2,1-3H3,(H,23,28). The molecule has 1 aromatic heterocycles. The van der Waals surface area contributed by atoms with Crippen molar-refractivity contribution in [2.75, 3.05) is 13.1 Å². The first-order valence-corrected chi connectivity index (χ1v) is 11.1. The number of amides is 2. The first-order chi connectivity index (χ1) is 13.9. The van der Waals surface area contributed by atoms with Crippen LogP contribution in [-0.2, 0) is 29.6 Å². The van der Waals surface area contributed by atoms with E-state index in [1.54, 1.807) is 0 Å². The molecule has 1 aliphatic carbocycles. The van der Waals surface area contributed by atoms with E-state index in [1.165, 1.54) is 25.7 Å². The van der Waals surface area contributed by atoms with Crippen molar-refractivity contribution in [3.63, 3.8) is 0 Å². The van der Waals surface area contributed by atoms with Crippen molar-refractivity contribution < 1.29 is 14.3 Å². The average molecular weight is 403 g/mol. The molecule has 2 amide bonds. The molecule has 1 saturated carbocycles. The van der Waals surface area contributed by atoms with E-state index >= 15 is 0 Å². The molecule has 0 unspecified atom stereocenters. The highest BCUT2D eigenvalue weighted by Crippen LogP contribution is 2.38. The molecule has 29 heavy (non-hydrogen) atoms. The van der Waals surface area contributed by atoms with Crippen molar-refractivity contribution in [3.05, 3.63) is 17.0 Å². The first-order valence-electron chi connectivity index (χ1n) is 11.1. The van der Waals surface area contributed by atoms with Crippen LogP contribution >= 0.6 is 0 Å². The molecule has 3 aliphatic rings. The fourth-order valence-corrected chi connectivity index (χ4v) is 5.15. The van der Waals surface area contributed by atoms with Gasteiger partial charge in [-0.2, -0.15) is 5.10 Å². The van der Waals surface area contributed by atoms with Crippen molar-refractivity contribution in [1.82, 2.24) is 20.0 Å². The van der Waals surface area contributed by atoms with Crippen LogP contribution in [0.1, 0.15) is 80.5 Å². The zero-order valence-corrected chi connectivity index (χ0v) is 18.0. The Morgan fingerprint density at radius 3 is 2.59 bits per heavy atom. The number of piperidine rings is 1. The van der Waals surface area contributed by atoms with E-state index < -0.39 is 0 Å². The van der Waals surface area contributed by atoms with E-state index in [0.29, 0.717) is 30.5 Å². The Bertz CT molecular complexity index is 771. The molecule has 1 spiro atoms. The van der Waals surface area contributed by atoms with Crippen LogP contribution in [0.4, 0.5) is 0 Å². The lowest BCUT2D eigenvalue weighted by atomic mass is 9.83. The van der Waals surface area contributed by atoms with Gasteiger partial charge in [0.15, 0.2) is 5.69 Å². The molecule has 7 heteroatoms. The van der Waals surface area contributed by atoms with Gasteiger partial charge in [-0.25, -0.2) is 0 Å². The van der Waals surface area contributed by atoms with Gasteiger partial charge in [0.1, 0.15) is 0 Å². The molecule has 2 fully saturated rings. The summed E-state index contributed by atoms with van der Waals surface area (Å²) in [6.07, 6.45) is 8.14. The molecule has 1 N–H and O–H groups in total. The maximum atomic E-state index is 12.7. The molecule has 160 valence electrons. The molecule has 0 radical (unpaired) electrons. The van der Waals surface area contributed by atoms with E-state index in [-0.39, 0.29) is 17.6 Å². The molecule has 0 atom stereocenters. The Labute approximate surface area is 173 Å². The maximum absolute atomic E-state index is 12.7. The van der Waals surface area contributed by atoms with E-state index in [9.17, 15) is 9.59 Å². The summed E-state index contributed by atoms with van der Waals surface area (Å²) >= 11 is 0. The van der Waals surface area contributed by atoms with Gasteiger partial charge in [0.2, 0.25) is 5.91 Å². The smallest absolute Gasteiger partial charge is 0.272 e. The van der Waals surface area contributed by atoms with Gasteiger partial charge in [-0.15, -0.1) is 0 Å². The van der Waals surface area contributed by atoms with Crippen molar-refractivity contribution in [1.29, 1.82) is 0 Å². The largest absolute Gasteiger partial charge is 0.370 e. The molecule has 0 bridgehead atoms.